The molecule has 0 unspecified atom stereocenters. The number of alkyl halides is 1. The summed E-state index contributed by atoms with van der Waals surface area (Å²) in [5.74, 6) is 0.852. The van der Waals surface area contributed by atoms with E-state index in [9.17, 15) is 9.90 Å². The number of amides is 1. The number of halogens is 3. The van der Waals surface area contributed by atoms with Crippen molar-refractivity contribution in [2.24, 2.45) is 0 Å². The zero-order valence-electron chi connectivity index (χ0n) is 34.5. The number of anilines is 3. The van der Waals surface area contributed by atoms with Crippen LogP contribution in [0.4, 0.5) is 30.5 Å². The maximum atomic E-state index is 17.3. The molecule has 1 aromatic carbocycles. The smallest absolute Gasteiger partial charge is 0.319 e. The highest BCUT2D eigenvalue weighted by molar-refractivity contribution is 5.90. The molecule has 12 nitrogen and oxygen atoms in total. The molecule has 0 spiro atoms. The van der Waals surface area contributed by atoms with E-state index in [1.165, 1.54) is 18.3 Å². The summed E-state index contributed by atoms with van der Waals surface area (Å²) < 4.78 is 59.8. The molecule has 0 radical (unpaired) electrons. The van der Waals surface area contributed by atoms with Crippen LogP contribution in [0.25, 0.3) is 10.9 Å². The standard InChI is InChI=1S/C45H51F3N8O4/c1-7-32-35(47)13-11-28-18-45(5,58)20-33(38(28)32)40-39(48)41-34(22-50-40)42(53(6)24-31-10-9-15-55(31)37(57)8-2)52-43(51-41)60-26-44(4)19-29(46)23-56(44)36-14-12-30(21-49-36)54-16-17-59-25-27(54)3/h1,8,11-14,21-22,27,29,31,33,58H,2,9-10,15-20,23-26H2,3-6H3/t27-,29+,31-,33+,44-,45+/m0/s1. The highest BCUT2D eigenvalue weighted by Gasteiger charge is 2.45. The van der Waals surface area contributed by atoms with E-state index in [0.717, 1.165) is 25.1 Å². The lowest BCUT2D eigenvalue weighted by atomic mass is 9.72. The molecule has 1 N–H and O–H groups in total. The molecule has 6 heterocycles. The number of hydrogen-bond donors (Lipinski definition) is 1. The number of carbonyl (C=O) groups is 1. The number of benzene rings is 1. The number of aliphatic hydroxyl groups is 1. The van der Waals surface area contributed by atoms with Crippen LogP contribution in [0.15, 0.2) is 49.3 Å². The summed E-state index contributed by atoms with van der Waals surface area (Å²) in [6, 6.07) is 6.58. The van der Waals surface area contributed by atoms with Crippen LogP contribution in [0.2, 0.25) is 0 Å². The third-order valence-corrected chi connectivity index (χ3v) is 12.6. The molecule has 4 aromatic rings. The predicted molar refractivity (Wildman–Crippen MR) is 223 cm³/mol. The van der Waals surface area contributed by atoms with Gasteiger partial charge in [-0.15, -0.1) is 6.42 Å². The monoisotopic (exact) mass is 824 g/mol. The number of pyridine rings is 2. The zero-order chi connectivity index (χ0) is 42.5. The second-order valence-corrected chi connectivity index (χ2v) is 17.2. The summed E-state index contributed by atoms with van der Waals surface area (Å²) >= 11 is 0. The van der Waals surface area contributed by atoms with E-state index in [-0.39, 0.29) is 78.6 Å². The van der Waals surface area contributed by atoms with Gasteiger partial charge in [-0.1, -0.05) is 18.6 Å². The van der Waals surface area contributed by atoms with E-state index >= 15 is 13.2 Å². The van der Waals surface area contributed by atoms with Crippen LogP contribution in [0.5, 0.6) is 6.01 Å². The molecule has 1 amide bonds. The number of hydrogen-bond acceptors (Lipinski definition) is 11. The average Bonchev–Trinajstić information content (AvgIpc) is 3.82. The molecule has 0 saturated carbocycles. The van der Waals surface area contributed by atoms with Crippen LogP contribution in [-0.4, -0.2) is 118 Å². The number of aromatic nitrogens is 4. The lowest BCUT2D eigenvalue weighted by Gasteiger charge is -2.37. The van der Waals surface area contributed by atoms with Crippen LogP contribution < -0.4 is 19.4 Å². The molecule has 3 aliphatic heterocycles. The Bertz CT molecular complexity index is 2340. The van der Waals surface area contributed by atoms with Gasteiger partial charge in [0.25, 0.3) is 0 Å². The Kier molecular flexibility index (Phi) is 11.1. The van der Waals surface area contributed by atoms with Crippen molar-refractivity contribution in [2.45, 2.75) is 88.2 Å². The van der Waals surface area contributed by atoms with Gasteiger partial charge in [0.05, 0.1) is 59.4 Å². The lowest BCUT2D eigenvalue weighted by molar-refractivity contribution is -0.126. The van der Waals surface area contributed by atoms with Crippen LogP contribution in [0.1, 0.15) is 74.8 Å². The van der Waals surface area contributed by atoms with Crippen molar-refractivity contribution in [1.82, 2.24) is 24.8 Å². The number of rotatable bonds is 10. The largest absolute Gasteiger partial charge is 0.461 e. The Morgan fingerprint density at radius 3 is 2.72 bits per heavy atom. The first-order valence-electron chi connectivity index (χ1n) is 20.6. The number of likely N-dealkylation sites (N-methyl/N-ethyl adjacent to an activating group) is 1. The Hall–Kier alpha value is -5.46. The van der Waals surface area contributed by atoms with Gasteiger partial charge in [-0.25, -0.2) is 18.2 Å². The highest BCUT2D eigenvalue weighted by Crippen LogP contribution is 2.45. The molecule has 6 atom stereocenters. The predicted octanol–water partition coefficient (Wildman–Crippen LogP) is 5.73. The van der Waals surface area contributed by atoms with E-state index in [0.29, 0.717) is 49.1 Å². The maximum Gasteiger partial charge on any atom is 0.319 e. The van der Waals surface area contributed by atoms with Crippen molar-refractivity contribution < 1.29 is 32.5 Å². The topological polar surface area (TPSA) is 120 Å². The average molecular weight is 825 g/mol. The molecule has 3 saturated heterocycles. The van der Waals surface area contributed by atoms with Crippen molar-refractivity contribution in [3.8, 4) is 18.4 Å². The summed E-state index contributed by atoms with van der Waals surface area (Å²) in [6.45, 7) is 12.3. The summed E-state index contributed by atoms with van der Waals surface area (Å²) in [6.07, 6.45) is 11.2. The first kappa shape index (κ1) is 41.3. The minimum absolute atomic E-state index is 0.00284. The molecule has 15 heteroatoms. The van der Waals surface area contributed by atoms with Gasteiger partial charge >= 0.3 is 6.01 Å². The van der Waals surface area contributed by atoms with E-state index in [1.807, 2.05) is 28.9 Å². The number of carbonyl (C=O) groups excluding carboxylic acids is 1. The third kappa shape index (κ3) is 7.71. The van der Waals surface area contributed by atoms with Gasteiger partial charge in [-0.05, 0) is 75.4 Å². The van der Waals surface area contributed by atoms with Crippen LogP contribution in [0.3, 0.4) is 0 Å². The lowest BCUT2D eigenvalue weighted by Crippen LogP contribution is -2.47. The van der Waals surface area contributed by atoms with E-state index in [2.05, 4.69) is 34.3 Å². The van der Waals surface area contributed by atoms with Gasteiger partial charge in [-0.2, -0.15) is 9.97 Å². The molecule has 4 aliphatic rings. The summed E-state index contributed by atoms with van der Waals surface area (Å²) in [4.78, 5) is 39.2. The highest BCUT2D eigenvalue weighted by atomic mass is 19.1. The SMILES string of the molecule is C#Cc1c(F)ccc2c1[C@H](c1ncc3c(N(C)C[C@@H]4CCCN4C(=O)C=C)nc(OC[C@]4(C)C[C@@H](F)CN4c4ccc(N5CCOC[C@@H]5C)cn4)nc3c1F)C[C@](C)(O)C2. The summed E-state index contributed by atoms with van der Waals surface area (Å²) in [5.41, 5.74) is -0.343. The van der Waals surface area contributed by atoms with Crippen molar-refractivity contribution >= 4 is 34.1 Å². The Morgan fingerprint density at radius 1 is 1.17 bits per heavy atom. The minimum Gasteiger partial charge on any atom is -0.461 e. The molecule has 316 valence electrons. The summed E-state index contributed by atoms with van der Waals surface area (Å²) in [5, 5.41) is 11.6. The van der Waals surface area contributed by atoms with Crippen molar-refractivity contribution in [1.29, 1.82) is 0 Å². The first-order valence-corrected chi connectivity index (χ1v) is 20.6. The van der Waals surface area contributed by atoms with Gasteiger partial charge in [-0.3, -0.25) is 9.78 Å². The van der Waals surface area contributed by atoms with Gasteiger partial charge < -0.3 is 34.2 Å². The first-order chi connectivity index (χ1) is 28.7. The van der Waals surface area contributed by atoms with Crippen LogP contribution in [0, 0.1) is 24.0 Å². The zero-order valence-corrected chi connectivity index (χ0v) is 34.5. The molecular formula is C45H51F3N8O4. The number of morpholine rings is 1. The van der Waals surface area contributed by atoms with Crippen LogP contribution >= 0.6 is 0 Å². The Balaban J connectivity index is 1.16. The van der Waals surface area contributed by atoms with Crippen molar-refractivity contribution in [2.75, 3.05) is 67.7 Å². The fourth-order valence-corrected chi connectivity index (χ4v) is 9.68. The van der Waals surface area contributed by atoms with E-state index < -0.39 is 34.9 Å². The second kappa shape index (κ2) is 16.2. The Labute approximate surface area is 348 Å². The van der Waals surface area contributed by atoms with Gasteiger partial charge in [0.1, 0.15) is 35.7 Å². The molecular weight excluding hydrogens is 774 g/mol. The van der Waals surface area contributed by atoms with Gasteiger partial charge in [0.2, 0.25) is 5.91 Å². The fourth-order valence-electron chi connectivity index (χ4n) is 9.68. The number of fused-ring (bicyclic) bond motifs is 2. The molecule has 3 fully saturated rings. The van der Waals surface area contributed by atoms with E-state index in [4.69, 9.17) is 25.9 Å². The number of ether oxygens (including phenoxy) is 2. The molecule has 8 rings (SSSR count). The van der Waals surface area contributed by atoms with Gasteiger partial charge in [0.15, 0.2) is 5.82 Å². The quantitative estimate of drug-likeness (QED) is 0.156. The Morgan fingerprint density at radius 2 is 1.98 bits per heavy atom. The molecule has 60 heavy (non-hydrogen) atoms. The number of terminal acetylenes is 1. The normalized spacial score (nSPS) is 26.6. The molecule has 3 aromatic heterocycles. The molecule has 0 bridgehead atoms. The van der Waals surface area contributed by atoms with Gasteiger partial charge in [0, 0.05) is 63.7 Å². The van der Waals surface area contributed by atoms with Crippen molar-refractivity contribution in [3.05, 3.63) is 83.3 Å². The fraction of sp³-hybridized carbons (Fsp3) is 0.489. The summed E-state index contributed by atoms with van der Waals surface area (Å²) in [7, 11) is 1.80. The number of likely N-dealkylation sites (tertiary alicyclic amines) is 1. The minimum atomic E-state index is -1.27. The maximum absolute atomic E-state index is 17.3. The van der Waals surface area contributed by atoms with Crippen LogP contribution in [-0.2, 0) is 16.0 Å². The number of nitrogens with zero attached hydrogens (tertiary/aromatic N) is 8. The van der Waals surface area contributed by atoms with E-state index in [1.54, 1.807) is 31.1 Å². The molecule has 1 aliphatic carbocycles. The second-order valence-electron chi connectivity index (χ2n) is 17.2. The van der Waals surface area contributed by atoms with Crippen molar-refractivity contribution in [3.63, 3.8) is 0 Å². The third-order valence-electron chi connectivity index (χ3n) is 12.6.